The molecule has 1 aromatic carbocycles. The van der Waals surface area contributed by atoms with Gasteiger partial charge >= 0.3 is 5.97 Å². The molecule has 0 saturated carbocycles. The highest BCUT2D eigenvalue weighted by Crippen LogP contribution is 2.29. The van der Waals surface area contributed by atoms with E-state index in [1.165, 1.54) is 12.1 Å². The van der Waals surface area contributed by atoms with Crippen molar-refractivity contribution in [3.63, 3.8) is 0 Å². The highest BCUT2D eigenvalue weighted by molar-refractivity contribution is 7.14. The number of thiazole rings is 1. The third-order valence-electron chi connectivity index (χ3n) is 4.61. The third-order valence-corrected chi connectivity index (χ3v) is 5.51. The Balaban J connectivity index is 1.65. The predicted molar refractivity (Wildman–Crippen MR) is 97.6 cm³/mol. The zero-order valence-electron chi connectivity index (χ0n) is 14.2. The van der Waals surface area contributed by atoms with E-state index in [-0.39, 0.29) is 18.4 Å². The molecule has 2 aromatic rings. The maximum absolute atomic E-state index is 13.1. The van der Waals surface area contributed by atoms with E-state index in [0.29, 0.717) is 0 Å². The monoisotopic (exact) mass is 363 g/mol. The molecule has 1 atom stereocenters. The summed E-state index contributed by atoms with van der Waals surface area (Å²) in [5, 5.41) is 11.9. The average Bonchev–Trinajstić information content (AvgIpc) is 2.92. The minimum absolute atomic E-state index is 0.0800. The number of hydrogen-bond donors (Lipinski definition) is 1. The van der Waals surface area contributed by atoms with Gasteiger partial charge in [0.2, 0.25) is 0 Å². The third kappa shape index (κ3) is 4.55. The van der Waals surface area contributed by atoms with Crippen LogP contribution in [0.25, 0.3) is 11.3 Å². The first-order valence-corrected chi connectivity index (χ1v) is 9.29. The molecular weight excluding hydrogens is 341 g/mol. The van der Waals surface area contributed by atoms with Crippen LogP contribution in [-0.2, 0) is 4.79 Å². The number of carboxylic acid groups (broad SMARTS) is 1. The minimum atomic E-state index is -0.785. The number of hydrogen-bond acceptors (Lipinski definition) is 5. The van der Waals surface area contributed by atoms with E-state index in [9.17, 15) is 9.18 Å². The van der Waals surface area contributed by atoms with Gasteiger partial charge in [0.05, 0.1) is 12.2 Å². The molecule has 0 radical (unpaired) electrons. The highest BCUT2D eigenvalue weighted by Gasteiger charge is 2.23. The molecule has 7 heteroatoms. The molecule has 1 aliphatic heterocycles. The van der Waals surface area contributed by atoms with E-state index in [1.54, 1.807) is 23.5 Å². The van der Waals surface area contributed by atoms with Gasteiger partial charge in [-0.1, -0.05) is 0 Å². The van der Waals surface area contributed by atoms with Crippen molar-refractivity contribution in [3.8, 4) is 11.3 Å². The van der Waals surface area contributed by atoms with Crippen LogP contribution in [-0.4, -0.2) is 53.7 Å². The molecule has 1 N–H and O–H groups in total. The van der Waals surface area contributed by atoms with Gasteiger partial charge in [0, 0.05) is 30.1 Å². The van der Waals surface area contributed by atoms with Gasteiger partial charge in [-0.25, -0.2) is 9.37 Å². The van der Waals surface area contributed by atoms with E-state index >= 15 is 0 Å². The normalized spacial score (nSPS) is 18.4. The number of aromatic nitrogens is 1. The molecule has 134 valence electrons. The van der Waals surface area contributed by atoms with Crippen molar-refractivity contribution in [2.24, 2.45) is 0 Å². The topological polar surface area (TPSA) is 56.7 Å². The van der Waals surface area contributed by atoms with Crippen molar-refractivity contribution in [1.29, 1.82) is 0 Å². The Morgan fingerprint density at radius 2 is 2.12 bits per heavy atom. The summed E-state index contributed by atoms with van der Waals surface area (Å²) in [5.74, 6) is -1.03. The van der Waals surface area contributed by atoms with Crippen LogP contribution in [0.15, 0.2) is 29.6 Å². The van der Waals surface area contributed by atoms with Crippen molar-refractivity contribution < 1.29 is 14.3 Å². The molecule has 1 aliphatic rings. The molecule has 0 spiro atoms. The predicted octanol–water partition coefficient (Wildman–Crippen LogP) is 3.32. The smallest absolute Gasteiger partial charge is 0.317 e. The van der Waals surface area contributed by atoms with Crippen LogP contribution in [0.2, 0.25) is 0 Å². The molecule has 0 bridgehead atoms. The molecule has 1 unspecified atom stereocenters. The van der Waals surface area contributed by atoms with Crippen molar-refractivity contribution in [2.45, 2.75) is 25.3 Å². The summed E-state index contributed by atoms with van der Waals surface area (Å²) in [5.41, 5.74) is 1.78. The lowest BCUT2D eigenvalue weighted by Crippen LogP contribution is -2.36. The van der Waals surface area contributed by atoms with Crippen LogP contribution in [0.1, 0.15) is 19.3 Å². The fourth-order valence-corrected chi connectivity index (χ4v) is 4.10. The second-order valence-corrected chi connectivity index (χ2v) is 7.24. The van der Waals surface area contributed by atoms with Gasteiger partial charge in [-0.05, 0) is 50.6 Å². The van der Waals surface area contributed by atoms with Crippen molar-refractivity contribution in [2.75, 3.05) is 31.6 Å². The Labute approximate surface area is 150 Å². The Bertz CT molecular complexity index is 719. The highest BCUT2D eigenvalue weighted by atomic mass is 32.1. The number of anilines is 1. The lowest BCUT2D eigenvalue weighted by Gasteiger charge is -2.25. The standard InChI is InChI=1S/C18H22FN3O2S/c1-21(11-17(23)24)15-3-2-9-22(10-8-15)18-20-16(12-25-18)13-4-6-14(19)7-5-13/h4-7,12,15H,2-3,8-11H2,1H3,(H,23,24). The lowest BCUT2D eigenvalue weighted by molar-refractivity contribution is -0.138. The number of aliphatic carboxylic acids is 1. The van der Waals surface area contributed by atoms with Gasteiger partial charge < -0.3 is 10.0 Å². The van der Waals surface area contributed by atoms with Gasteiger partial charge in [0.25, 0.3) is 0 Å². The number of halogens is 1. The SMILES string of the molecule is CN(CC(=O)O)C1CCCN(c2nc(-c3ccc(F)cc3)cs2)CC1. The summed E-state index contributed by atoms with van der Waals surface area (Å²) >= 11 is 1.60. The second-order valence-electron chi connectivity index (χ2n) is 6.40. The van der Waals surface area contributed by atoms with E-state index in [1.807, 2.05) is 17.3 Å². The number of benzene rings is 1. The molecule has 0 amide bonds. The molecule has 0 aliphatic carbocycles. The van der Waals surface area contributed by atoms with Gasteiger partial charge in [0.1, 0.15) is 5.82 Å². The molecule has 3 rings (SSSR count). The average molecular weight is 363 g/mol. The quantitative estimate of drug-likeness (QED) is 0.883. The summed E-state index contributed by atoms with van der Waals surface area (Å²) in [7, 11) is 1.88. The minimum Gasteiger partial charge on any atom is -0.480 e. The van der Waals surface area contributed by atoms with Crippen molar-refractivity contribution >= 4 is 22.4 Å². The van der Waals surface area contributed by atoms with Crippen LogP contribution < -0.4 is 4.90 Å². The molecule has 5 nitrogen and oxygen atoms in total. The van der Waals surface area contributed by atoms with Gasteiger partial charge in [-0.3, -0.25) is 9.69 Å². The van der Waals surface area contributed by atoms with Gasteiger partial charge in [-0.2, -0.15) is 0 Å². The van der Waals surface area contributed by atoms with Gasteiger partial charge in [-0.15, -0.1) is 11.3 Å². The fourth-order valence-electron chi connectivity index (χ4n) is 3.22. The van der Waals surface area contributed by atoms with Crippen LogP contribution >= 0.6 is 11.3 Å². The summed E-state index contributed by atoms with van der Waals surface area (Å²) in [6.45, 7) is 1.87. The molecular formula is C18H22FN3O2S. The number of carboxylic acids is 1. The first-order chi connectivity index (χ1) is 12.0. The van der Waals surface area contributed by atoms with Crippen LogP contribution in [0, 0.1) is 5.82 Å². The number of rotatable bonds is 5. The van der Waals surface area contributed by atoms with Crippen molar-refractivity contribution in [3.05, 3.63) is 35.5 Å². The maximum atomic E-state index is 13.1. The zero-order chi connectivity index (χ0) is 17.8. The number of likely N-dealkylation sites (N-methyl/N-ethyl adjacent to an activating group) is 1. The molecule has 1 saturated heterocycles. The Morgan fingerprint density at radius 1 is 1.36 bits per heavy atom. The van der Waals surface area contributed by atoms with E-state index in [2.05, 4.69) is 4.90 Å². The zero-order valence-corrected chi connectivity index (χ0v) is 15.0. The second kappa shape index (κ2) is 7.93. The molecule has 25 heavy (non-hydrogen) atoms. The largest absolute Gasteiger partial charge is 0.480 e. The molecule has 1 fully saturated rings. The summed E-state index contributed by atoms with van der Waals surface area (Å²) in [4.78, 5) is 19.8. The van der Waals surface area contributed by atoms with Crippen LogP contribution in [0.3, 0.4) is 0 Å². The first-order valence-electron chi connectivity index (χ1n) is 8.41. The Kier molecular flexibility index (Phi) is 5.65. The van der Waals surface area contributed by atoms with Crippen LogP contribution in [0.4, 0.5) is 9.52 Å². The summed E-state index contributed by atoms with van der Waals surface area (Å²) in [6, 6.07) is 6.67. The first kappa shape index (κ1) is 17.8. The van der Waals surface area contributed by atoms with Crippen molar-refractivity contribution in [1.82, 2.24) is 9.88 Å². The summed E-state index contributed by atoms with van der Waals surface area (Å²) in [6.07, 6.45) is 2.94. The Hall–Kier alpha value is -1.99. The Morgan fingerprint density at radius 3 is 2.84 bits per heavy atom. The molecule has 1 aromatic heterocycles. The van der Waals surface area contributed by atoms with E-state index in [4.69, 9.17) is 10.1 Å². The fraction of sp³-hybridized carbons (Fsp3) is 0.444. The maximum Gasteiger partial charge on any atom is 0.317 e. The van der Waals surface area contributed by atoms with E-state index in [0.717, 1.165) is 48.7 Å². The number of nitrogens with zero attached hydrogens (tertiary/aromatic N) is 3. The lowest BCUT2D eigenvalue weighted by atomic mass is 10.1. The number of carbonyl (C=O) groups is 1. The van der Waals surface area contributed by atoms with Gasteiger partial charge in [0.15, 0.2) is 5.13 Å². The van der Waals surface area contributed by atoms with Crippen LogP contribution in [0.5, 0.6) is 0 Å². The van der Waals surface area contributed by atoms with E-state index < -0.39 is 5.97 Å². The summed E-state index contributed by atoms with van der Waals surface area (Å²) < 4.78 is 13.1. The molecule has 2 heterocycles.